The maximum atomic E-state index is 12.5. The van der Waals surface area contributed by atoms with E-state index in [0.29, 0.717) is 19.4 Å². The fraction of sp³-hybridized carbons (Fsp3) is 0.905. The maximum Gasteiger partial charge on any atom is 0.305 e. The van der Waals surface area contributed by atoms with Crippen LogP contribution < -0.4 is 5.32 Å². The Balaban J connectivity index is 3.42. The Bertz CT molecular complexity index is 1080. The first-order valence-corrected chi connectivity index (χ1v) is 31.1. The highest BCUT2D eigenvalue weighted by Crippen LogP contribution is 2.17. The molecule has 2 unspecified atom stereocenters. The van der Waals surface area contributed by atoms with Crippen LogP contribution in [0.15, 0.2) is 24.3 Å². The topological polar surface area (TPSA) is 95.9 Å². The van der Waals surface area contributed by atoms with Crippen molar-refractivity contribution in [2.45, 2.75) is 353 Å². The minimum atomic E-state index is -0.848. The second kappa shape index (κ2) is 58.9. The van der Waals surface area contributed by atoms with Crippen molar-refractivity contribution in [3.63, 3.8) is 0 Å². The molecule has 0 bridgehead atoms. The number of unbranched alkanes of at least 4 members (excludes halogenated alkanes) is 45. The number of rotatable bonds is 58. The lowest BCUT2D eigenvalue weighted by atomic mass is 10.0. The standard InChI is InChI=1S/C63H121NO5/c1-3-5-7-9-11-13-15-17-27-31-35-39-43-47-51-55-61(66)60(59-65)64-62(67)56-52-48-44-40-36-32-29-25-23-21-19-20-22-24-26-30-34-38-42-46-50-54-58-69-63(68)57-53-49-45-41-37-33-28-18-16-14-12-10-8-6-4-2/h21,23,51,55,60-61,65-66H,3-20,22,24-50,52-54,56-59H2,1-2H3,(H,64,67)/b23-21-,55-51+. The van der Waals surface area contributed by atoms with Crippen molar-refractivity contribution in [1.29, 1.82) is 0 Å². The van der Waals surface area contributed by atoms with E-state index in [4.69, 9.17) is 4.74 Å². The third-order valence-corrected chi connectivity index (χ3v) is 14.5. The Kier molecular flexibility index (Phi) is 57.5. The molecule has 0 spiro atoms. The van der Waals surface area contributed by atoms with E-state index in [1.165, 1.54) is 270 Å². The summed E-state index contributed by atoms with van der Waals surface area (Å²) in [5.41, 5.74) is 0. The van der Waals surface area contributed by atoms with Crippen molar-refractivity contribution in [2.24, 2.45) is 0 Å². The summed E-state index contributed by atoms with van der Waals surface area (Å²) in [5.74, 6) is -0.0608. The molecular weight excluding hydrogens is 851 g/mol. The van der Waals surface area contributed by atoms with Gasteiger partial charge in [0.05, 0.1) is 25.4 Å². The normalized spacial score (nSPS) is 12.7. The van der Waals surface area contributed by atoms with Gasteiger partial charge in [-0.1, -0.05) is 295 Å². The van der Waals surface area contributed by atoms with E-state index in [1.807, 2.05) is 6.08 Å². The molecule has 0 radical (unpaired) electrons. The lowest BCUT2D eigenvalue weighted by Gasteiger charge is -2.20. The molecule has 0 aromatic carbocycles. The molecule has 0 aliphatic rings. The fourth-order valence-corrected chi connectivity index (χ4v) is 9.69. The van der Waals surface area contributed by atoms with Crippen LogP contribution in [0.1, 0.15) is 341 Å². The number of aliphatic hydroxyl groups is 2. The van der Waals surface area contributed by atoms with Gasteiger partial charge in [0, 0.05) is 12.8 Å². The molecule has 2 atom stereocenters. The van der Waals surface area contributed by atoms with Gasteiger partial charge in [-0.15, -0.1) is 0 Å². The van der Waals surface area contributed by atoms with Crippen LogP contribution in [0.4, 0.5) is 0 Å². The number of hydrogen-bond acceptors (Lipinski definition) is 5. The third-order valence-electron chi connectivity index (χ3n) is 14.5. The molecule has 6 nitrogen and oxygen atoms in total. The van der Waals surface area contributed by atoms with E-state index in [9.17, 15) is 19.8 Å². The molecule has 0 rings (SSSR count). The molecule has 0 saturated carbocycles. The summed E-state index contributed by atoms with van der Waals surface area (Å²) in [4.78, 5) is 24.5. The summed E-state index contributed by atoms with van der Waals surface area (Å²) >= 11 is 0. The molecule has 0 aromatic rings. The van der Waals surface area contributed by atoms with E-state index < -0.39 is 12.1 Å². The number of nitrogens with one attached hydrogen (secondary N) is 1. The Morgan fingerprint density at radius 2 is 0.681 bits per heavy atom. The van der Waals surface area contributed by atoms with Crippen LogP contribution in [-0.4, -0.2) is 47.4 Å². The van der Waals surface area contributed by atoms with Gasteiger partial charge >= 0.3 is 5.97 Å². The van der Waals surface area contributed by atoms with Crippen LogP contribution in [0.2, 0.25) is 0 Å². The molecule has 6 heteroatoms. The van der Waals surface area contributed by atoms with E-state index in [1.54, 1.807) is 6.08 Å². The molecule has 0 saturated heterocycles. The number of ether oxygens (including phenoxy) is 1. The Morgan fingerprint density at radius 1 is 0.391 bits per heavy atom. The summed E-state index contributed by atoms with van der Waals surface area (Å²) < 4.78 is 5.49. The van der Waals surface area contributed by atoms with Gasteiger partial charge in [0.2, 0.25) is 5.91 Å². The van der Waals surface area contributed by atoms with Crippen molar-refractivity contribution in [1.82, 2.24) is 5.32 Å². The van der Waals surface area contributed by atoms with Gasteiger partial charge in [0.1, 0.15) is 0 Å². The van der Waals surface area contributed by atoms with Crippen LogP contribution in [0.3, 0.4) is 0 Å². The molecule has 0 aliphatic heterocycles. The lowest BCUT2D eigenvalue weighted by Crippen LogP contribution is -2.45. The summed E-state index contributed by atoms with van der Waals surface area (Å²) in [6.07, 6.45) is 72.2. The molecule has 0 aliphatic carbocycles. The number of carbonyl (C=O) groups is 2. The molecular formula is C63H121NO5. The first-order chi connectivity index (χ1) is 34.0. The monoisotopic (exact) mass is 972 g/mol. The predicted molar refractivity (Wildman–Crippen MR) is 301 cm³/mol. The largest absolute Gasteiger partial charge is 0.466 e. The lowest BCUT2D eigenvalue weighted by molar-refractivity contribution is -0.143. The summed E-state index contributed by atoms with van der Waals surface area (Å²) in [5, 5.41) is 23.1. The minimum Gasteiger partial charge on any atom is -0.466 e. The highest BCUT2D eigenvalue weighted by atomic mass is 16.5. The van der Waals surface area contributed by atoms with Gasteiger partial charge in [-0.3, -0.25) is 9.59 Å². The molecule has 69 heavy (non-hydrogen) atoms. The fourth-order valence-electron chi connectivity index (χ4n) is 9.69. The van der Waals surface area contributed by atoms with Crippen molar-refractivity contribution in [3.8, 4) is 0 Å². The number of carbonyl (C=O) groups excluding carboxylic acids is 2. The van der Waals surface area contributed by atoms with E-state index in [2.05, 4.69) is 31.3 Å². The molecule has 3 N–H and O–H groups in total. The molecule has 0 heterocycles. The SMILES string of the molecule is CCCCCCCCCCCCCCC/C=C/C(O)C(CO)NC(=O)CCCCCCCCC/C=C\CCCCCCCCCCCCCOC(=O)CCCCCCCCCCCCCCCCC. The zero-order valence-corrected chi connectivity index (χ0v) is 46.6. The quantitative estimate of drug-likeness (QED) is 0.0321. The smallest absolute Gasteiger partial charge is 0.305 e. The average Bonchev–Trinajstić information content (AvgIpc) is 3.35. The van der Waals surface area contributed by atoms with E-state index in [0.717, 1.165) is 44.9 Å². The van der Waals surface area contributed by atoms with Gasteiger partial charge in [0.15, 0.2) is 0 Å². The second-order valence-corrected chi connectivity index (χ2v) is 21.4. The van der Waals surface area contributed by atoms with Gasteiger partial charge in [-0.2, -0.15) is 0 Å². The average molecular weight is 973 g/mol. The molecule has 408 valence electrons. The number of amides is 1. The predicted octanol–water partition coefficient (Wildman–Crippen LogP) is 19.4. The Morgan fingerprint density at radius 3 is 1.03 bits per heavy atom. The van der Waals surface area contributed by atoms with Crippen molar-refractivity contribution in [2.75, 3.05) is 13.2 Å². The molecule has 0 aromatic heterocycles. The van der Waals surface area contributed by atoms with Gasteiger partial charge in [0.25, 0.3) is 0 Å². The highest BCUT2D eigenvalue weighted by molar-refractivity contribution is 5.76. The number of allylic oxidation sites excluding steroid dienone is 3. The minimum absolute atomic E-state index is 0.0126. The van der Waals surface area contributed by atoms with Crippen LogP contribution in [-0.2, 0) is 14.3 Å². The van der Waals surface area contributed by atoms with E-state index >= 15 is 0 Å². The maximum absolute atomic E-state index is 12.5. The first kappa shape index (κ1) is 67.3. The van der Waals surface area contributed by atoms with E-state index in [-0.39, 0.29) is 18.5 Å². The van der Waals surface area contributed by atoms with Crippen molar-refractivity contribution < 1.29 is 24.5 Å². The summed E-state index contributed by atoms with van der Waals surface area (Å²) in [7, 11) is 0. The number of aliphatic hydroxyl groups excluding tert-OH is 2. The van der Waals surface area contributed by atoms with Crippen LogP contribution in [0, 0.1) is 0 Å². The van der Waals surface area contributed by atoms with Gasteiger partial charge in [-0.25, -0.2) is 0 Å². The van der Waals surface area contributed by atoms with Gasteiger partial charge < -0.3 is 20.3 Å². The van der Waals surface area contributed by atoms with Gasteiger partial charge in [-0.05, 0) is 57.8 Å². The highest BCUT2D eigenvalue weighted by Gasteiger charge is 2.18. The molecule has 0 fully saturated rings. The Hall–Kier alpha value is -1.66. The second-order valence-electron chi connectivity index (χ2n) is 21.4. The van der Waals surface area contributed by atoms with Crippen LogP contribution in [0.5, 0.6) is 0 Å². The van der Waals surface area contributed by atoms with Crippen molar-refractivity contribution >= 4 is 11.9 Å². The summed E-state index contributed by atoms with van der Waals surface area (Å²) in [6.45, 7) is 4.92. The van der Waals surface area contributed by atoms with Crippen molar-refractivity contribution in [3.05, 3.63) is 24.3 Å². The van der Waals surface area contributed by atoms with Crippen LogP contribution >= 0.6 is 0 Å². The number of esters is 1. The molecule has 1 amide bonds. The summed E-state index contributed by atoms with van der Waals surface area (Å²) in [6, 6.07) is -0.632. The van der Waals surface area contributed by atoms with Crippen LogP contribution in [0.25, 0.3) is 0 Å². The number of hydrogen-bond donors (Lipinski definition) is 3. The third kappa shape index (κ3) is 55.5. The first-order valence-electron chi connectivity index (χ1n) is 31.1. The zero-order chi connectivity index (χ0) is 50.0. The zero-order valence-electron chi connectivity index (χ0n) is 46.6. The Labute approximate surface area is 431 Å².